The number of hydrogen-bond acceptors (Lipinski definition) is 5. The number of nitrogens with zero attached hydrogens (tertiary/aromatic N) is 3. The molecule has 0 saturated carbocycles. The number of aryl methyl sites for hydroxylation is 3. The van der Waals surface area contributed by atoms with Gasteiger partial charge in [-0.15, -0.1) is 0 Å². The number of carboxylic acid groups (broad SMARTS) is 1. The maximum absolute atomic E-state index is 13.3. The normalized spacial score (nSPS) is 14.0. The molecule has 1 amide bonds. The van der Waals surface area contributed by atoms with Crippen molar-refractivity contribution in [3.63, 3.8) is 0 Å². The number of fused-ring (bicyclic) bond motifs is 1. The number of carbonyl (C=O) groups is 2. The maximum atomic E-state index is 13.3. The Bertz CT molecular complexity index is 1280. The number of carboxylic acids is 1. The average Bonchev–Trinajstić information content (AvgIpc) is 3.31. The van der Waals surface area contributed by atoms with E-state index >= 15 is 0 Å². The number of nitrogens with one attached hydrogen (secondary N) is 2. The van der Waals surface area contributed by atoms with Crippen LogP contribution in [0.1, 0.15) is 51.6 Å². The molecular formula is C24H23ClF3N5O3. The van der Waals surface area contributed by atoms with Crippen molar-refractivity contribution in [3.8, 4) is 0 Å². The van der Waals surface area contributed by atoms with Crippen LogP contribution in [0.2, 0.25) is 5.02 Å². The molecule has 0 bridgehead atoms. The first-order chi connectivity index (χ1) is 17.1. The lowest BCUT2D eigenvalue weighted by Gasteiger charge is -2.19. The minimum absolute atomic E-state index is 0.0260. The number of hydrogen-bond donors (Lipinski definition) is 3. The molecule has 1 aliphatic rings. The van der Waals surface area contributed by atoms with Crippen molar-refractivity contribution in [2.45, 2.75) is 44.4 Å². The highest BCUT2D eigenvalue weighted by molar-refractivity contribution is 6.31. The Morgan fingerprint density at radius 2 is 2.06 bits per heavy atom. The van der Waals surface area contributed by atoms with Crippen LogP contribution in [0.4, 0.5) is 19.0 Å². The van der Waals surface area contributed by atoms with E-state index in [0.29, 0.717) is 13.0 Å². The molecule has 0 spiro atoms. The summed E-state index contributed by atoms with van der Waals surface area (Å²) in [6.07, 6.45) is 0.103. The average molecular weight is 522 g/mol. The molecule has 1 unspecified atom stereocenters. The first kappa shape index (κ1) is 25.5. The van der Waals surface area contributed by atoms with E-state index in [9.17, 15) is 27.9 Å². The van der Waals surface area contributed by atoms with E-state index in [2.05, 4.69) is 26.8 Å². The van der Waals surface area contributed by atoms with Gasteiger partial charge in [0.2, 0.25) is 0 Å². The second kappa shape index (κ2) is 10.6. The van der Waals surface area contributed by atoms with Crippen LogP contribution in [0.5, 0.6) is 0 Å². The van der Waals surface area contributed by atoms with Crippen LogP contribution in [0, 0.1) is 0 Å². The molecule has 0 saturated heterocycles. The van der Waals surface area contributed by atoms with Crippen LogP contribution in [0.15, 0.2) is 42.7 Å². The number of anilines is 1. The Hall–Kier alpha value is -3.60. The fraction of sp³-hybridized carbons (Fsp3) is 0.333. The number of alkyl halides is 3. The summed E-state index contributed by atoms with van der Waals surface area (Å²) in [7, 11) is 0. The third-order valence-electron chi connectivity index (χ3n) is 5.83. The summed E-state index contributed by atoms with van der Waals surface area (Å²) in [5, 5.41) is 18.7. The summed E-state index contributed by atoms with van der Waals surface area (Å²) in [5.74, 6) is -1.06. The Kier molecular flexibility index (Phi) is 7.48. The van der Waals surface area contributed by atoms with Crippen molar-refractivity contribution in [3.05, 3.63) is 75.7 Å². The van der Waals surface area contributed by atoms with Gasteiger partial charge in [-0.3, -0.25) is 14.3 Å². The summed E-state index contributed by atoms with van der Waals surface area (Å²) >= 11 is 5.66. The molecule has 1 aromatic carbocycles. The molecule has 0 aliphatic carbocycles. The number of aliphatic carboxylic acids is 1. The molecule has 1 aliphatic heterocycles. The van der Waals surface area contributed by atoms with E-state index in [1.54, 1.807) is 4.68 Å². The molecule has 4 rings (SSSR count). The van der Waals surface area contributed by atoms with Gasteiger partial charge in [0.05, 0.1) is 34.8 Å². The van der Waals surface area contributed by atoms with Crippen LogP contribution in [-0.4, -0.2) is 38.3 Å². The topological polar surface area (TPSA) is 109 Å². The van der Waals surface area contributed by atoms with Gasteiger partial charge in [-0.25, -0.2) is 4.98 Å². The predicted octanol–water partition coefficient (Wildman–Crippen LogP) is 4.50. The molecule has 2 aromatic heterocycles. The van der Waals surface area contributed by atoms with E-state index < -0.39 is 41.1 Å². The van der Waals surface area contributed by atoms with Crippen LogP contribution < -0.4 is 10.6 Å². The van der Waals surface area contributed by atoms with Gasteiger partial charge in [0, 0.05) is 31.4 Å². The third kappa shape index (κ3) is 6.14. The van der Waals surface area contributed by atoms with Gasteiger partial charge >= 0.3 is 12.1 Å². The van der Waals surface area contributed by atoms with Crippen molar-refractivity contribution in [2.24, 2.45) is 0 Å². The number of carbonyl (C=O) groups excluding carboxylic acids is 1. The predicted molar refractivity (Wildman–Crippen MR) is 126 cm³/mol. The molecule has 3 N–H and O–H groups in total. The number of aromatic nitrogens is 3. The Morgan fingerprint density at radius 1 is 1.25 bits per heavy atom. The van der Waals surface area contributed by atoms with Gasteiger partial charge < -0.3 is 15.7 Å². The van der Waals surface area contributed by atoms with Crippen LogP contribution in [-0.2, 0) is 30.4 Å². The highest BCUT2D eigenvalue weighted by Gasteiger charge is 2.34. The standard InChI is InChI=1S/C24H23ClF3N5O3/c25-19-6-4-15(10-18(19)24(26,27)28)20(11-21(34)35)32-23(36)16-12-30-33(13-16)9-7-17-5-3-14-2-1-8-29-22(14)31-17/h3-6,10,12-13,20H,1-2,7-9,11H2,(H,29,31)(H,32,36)(H,34,35). The van der Waals surface area contributed by atoms with Crippen molar-refractivity contribution in [2.75, 3.05) is 11.9 Å². The molecular weight excluding hydrogens is 499 g/mol. The van der Waals surface area contributed by atoms with Crippen molar-refractivity contribution < 1.29 is 27.9 Å². The lowest BCUT2D eigenvalue weighted by atomic mass is 10.0. The number of halogens is 4. The molecule has 190 valence electrons. The molecule has 1 atom stereocenters. The van der Waals surface area contributed by atoms with Crippen molar-refractivity contribution >= 4 is 29.3 Å². The minimum atomic E-state index is -4.73. The smallest absolute Gasteiger partial charge is 0.417 e. The van der Waals surface area contributed by atoms with E-state index in [-0.39, 0.29) is 11.1 Å². The fourth-order valence-corrected chi connectivity index (χ4v) is 4.21. The number of amides is 1. The summed E-state index contributed by atoms with van der Waals surface area (Å²) < 4.78 is 41.3. The Labute approximate surface area is 209 Å². The summed E-state index contributed by atoms with van der Waals surface area (Å²) in [5.41, 5.74) is 1.07. The lowest BCUT2D eigenvalue weighted by Crippen LogP contribution is -2.30. The number of rotatable bonds is 8. The molecule has 8 nitrogen and oxygen atoms in total. The quantitative estimate of drug-likeness (QED) is 0.403. The molecule has 12 heteroatoms. The van der Waals surface area contributed by atoms with Crippen LogP contribution in [0.3, 0.4) is 0 Å². The lowest BCUT2D eigenvalue weighted by molar-refractivity contribution is -0.138. The summed E-state index contributed by atoms with van der Waals surface area (Å²) in [6.45, 7) is 1.33. The minimum Gasteiger partial charge on any atom is -0.481 e. The molecule has 3 heterocycles. The second-order valence-electron chi connectivity index (χ2n) is 8.44. The zero-order valence-corrected chi connectivity index (χ0v) is 19.7. The Morgan fingerprint density at radius 3 is 2.81 bits per heavy atom. The Balaban J connectivity index is 1.44. The van der Waals surface area contributed by atoms with Gasteiger partial charge in [-0.2, -0.15) is 18.3 Å². The SMILES string of the molecule is O=C(O)CC(NC(=O)c1cnn(CCc2ccc3c(n2)NCCC3)c1)c1ccc(Cl)c(C(F)(F)F)c1. The highest BCUT2D eigenvalue weighted by atomic mass is 35.5. The van der Waals surface area contributed by atoms with E-state index in [1.807, 2.05) is 6.07 Å². The first-order valence-electron chi connectivity index (χ1n) is 11.2. The monoisotopic (exact) mass is 521 g/mol. The van der Waals surface area contributed by atoms with Gasteiger partial charge in [-0.05, 0) is 42.2 Å². The van der Waals surface area contributed by atoms with E-state index in [1.165, 1.54) is 24.0 Å². The molecule has 0 radical (unpaired) electrons. The molecule has 36 heavy (non-hydrogen) atoms. The van der Waals surface area contributed by atoms with Gasteiger partial charge in [0.1, 0.15) is 5.82 Å². The number of pyridine rings is 1. The zero-order valence-electron chi connectivity index (χ0n) is 19.0. The van der Waals surface area contributed by atoms with Crippen molar-refractivity contribution in [1.82, 2.24) is 20.1 Å². The zero-order chi connectivity index (χ0) is 25.9. The molecule has 3 aromatic rings. The van der Waals surface area contributed by atoms with Crippen LogP contribution >= 0.6 is 11.6 Å². The first-order valence-corrected chi connectivity index (χ1v) is 11.6. The van der Waals surface area contributed by atoms with Gasteiger partial charge in [0.25, 0.3) is 5.91 Å². The number of benzene rings is 1. The fourth-order valence-electron chi connectivity index (χ4n) is 3.99. The van der Waals surface area contributed by atoms with E-state index in [0.717, 1.165) is 43.0 Å². The summed E-state index contributed by atoms with van der Waals surface area (Å²) in [4.78, 5) is 28.7. The largest absolute Gasteiger partial charge is 0.481 e. The van der Waals surface area contributed by atoms with E-state index in [4.69, 9.17) is 11.6 Å². The third-order valence-corrected chi connectivity index (χ3v) is 6.16. The highest BCUT2D eigenvalue weighted by Crippen LogP contribution is 2.36. The second-order valence-corrected chi connectivity index (χ2v) is 8.85. The summed E-state index contributed by atoms with van der Waals surface area (Å²) in [6, 6.07) is 5.85. The van der Waals surface area contributed by atoms with Crippen molar-refractivity contribution in [1.29, 1.82) is 0 Å². The molecule has 0 fully saturated rings. The maximum Gasteiger partial charge on any atom is 0.417 e. The van der Waals surface area contributed by atoms with Crippen LogP contribution in [0.25, 0.3) is 0 Å². The van der Waals surface area contributed by atoms with Gasteiger partial charge in [0.15, 0.2) is 0 Å². The van der Waals surface area contributed by atoms with Gasteiger partial charge in [-0.1, -0.05) is 23.7 Å².